The fourth-order valence-corrected chi connectivity index (χ4v) is 4.82. The number of carbonyl (C=O) groups excluding carboxylic acids is 1. The lowest BCUT2D eigenvalue weighted by molar-refractivity contribution is -0.123. The summed E-state index contributed by atoms with van der Waals surface area (Å²) in [5, 5.41) is 12.7. The summed E-state index contributed by atoms with van der Waals surface area (Å²) in [6.07, 6.45) is 4.93. The maximum absolute atomic E-state index is 13.7. The van der Waals surface area contributed by atoms with Crippen LogP contribution >= 0.6 is 0 Å². The van der Waals surface area contributed by atoms with Crippen LogP contribution in [0.25, 0.3) is 0 Å². The zero-order valence-electron chi connectivity index (χ0n) is 17.6. The Morgan fingerprint density at radius 3 is 2.74 bits per heavy atom. The number of aromatic nitrogens is 1. The number of hydrogen-bond acceptors (Lipinski definition) is 6. The van der Waals surface area contributed by atoms with Gasteiger partial charge >= 0.3 is 0 Å². The molecule has 0 atom stereocenters. The van der Waals surface area contributed by atoms with Gasteiger partial charge in [0.15, 0.2) is 0 Å². The van der Waals surface area contributed by atoms with Gasteiger partial charge in [-0.3, -0.25) is 4.79 Å². The number of amides is 1. The summed E-state index contributed by atoms with van der Waals surface area (Å²) in [6.45, 7) is 3.62. The Kier molecular flexibility index (Phi) is 5.47. The number of morpholine rings is 1. The third-order valence-electron chi connectivity index (χ3n) is 6.65. The molecule has 1 aromatic carbocycles. The average molecular weight is 418 g/mol. The number of nitrogens with zero attached hydrogens (tertiary/aromatic N) is 4. The zero-order chi connectivity index (χ0) is 21.2. The molecule has 7 heteroatoms. The molecule has 160 valence electrons. The van der Waals surface area contributed by atoms with Crippen LogP contribution in [0.2, 0.25) is 0 Å². The molecule has 1 aliphatic carbocycles. The Balaban J connectivity index is 1.50. The van der Waals surface area contributed by atoms with E-state index in [1.807, 2.05) is 17.0 Å². The number of nitrogens with one attached hydrogen (secondary N) is 1. The van der Waals surface area contributed by atoms with Gasteiger partial charge in [-0.1, -0.05) is 6.07 Å². The molecule has 2 aromatic rings. The number of hydrogen-bond donors (Lipinski definition) is 1. The predicted octanol–water partition coefficient (Wildman–Crippen LogP) is 3.84. The van der Waals surface area contributed by atoms with Crippen molar-refractivity contribution >= 4 is 28.8 Å². The van der Waals surface area contributed by atoms with E-state index in [0.717, 1.165) is 80.4 Å². The minimum atomic E-state index is -0.0392. The Labute approximate surface area is 182 Å². The van der Waals surface area contributed by atoms with E-state index >= 15 is 0 Å². The second kappa shape index (κ2) is 8.56. The normalized spacial score (nSPS) is 23.1. The Hall–Kier alpha value is -3.11. The quantitative estimate of drug-likeness (QED) is 0.800. The van der Waals surface area contributed by atoms with Crippen molar-refractivity contribution in [2.24, 2.45) is 11.8 Å². The van der Waals surface area contributed by atoms with E-state index in [-0.39, 0.29) is 17.7 Å². The molecule has 0 radical (unpaired) electrons. The summed E-state index contributed by atoms with van der Waals surface area (Å²) in [6, 6.07) is 12.6. The van der Waals surface area contributed by atoms with Crippen molar-refractivity contribution in [3.8, 4) is 6.07 Å². The molecule has 1 amide bonds. The molecule has 7 nitrogen and oxygen atoms in total. The van der Waals surface area contributed by atoms with Crippen LogP contribution in [0.3, 0.4) is 0 Å². The van der Waals surface area contributed by atoms with Gasteiger partial charge in [0.05, 0.1) is 37.2 Å². The van der Waals surface area contributed by atoms with Crippen LogP contribution in [0.1, 0.15) is 31.2 Å². The second-order valence-electron chi connectivity index (χ2n) is 8.54. The third kappa shape index (κ3) is 3.96. The van der Waals surface area contributed by atoms with Crippen molar-refractivity contribution in [2.75, 3.05) is 41.4 Å². The summed E-state index contributed by atoms with van der Waals surface area (Å²) < 4.78 is 5.50. The highest BCUT2D eigenvalue weighted by Crippen LogP contribution is 2.40. The van der Waals surface area contributed by atoms with Crippen LogP contribution in [0.5, 0.6) is 0 Å². The second-order valence-corrected chi connectivity index (χ2v) is 8.54. The van der Waals surface area contributed by atoms with E-state index in [2.05, 4.69) is 39.5 Å². The average Bonchev–Trinajstić information content (AvgIpc) is 3.00. The molecule has 0 unspecified atom stereocenters. The summed E-state index contributed by atoms with van der Waals surface area (Å²) in [5.74, 6) is 0.990. The van der Waals surface area contributed by atoms with Gasteiger partial charge in [0.2, 0.25) is 5.91 Å². The number of pyridine rings is 1. The first-order valence-corrected chi connectivity index (χ1v) is 11.1. The molecular formula is C24H27N5O2. The van der Waals surface area contributed by atoms with Gasteiger partial charge in [0, 0.05) is 42.4 Å². The van der Waals surface area contributed by atoms with Gasteiger partial charge in [0.1, 0.15) is 5.82 Å². The van der Waals surface area contributed by atoms with E-state index in [1.165, 1.54) is 0 Å². The molecule has 1 saturated heterocycles. The highest BCUT2D eigenvalue weighted by Gasteiger charge is 2.33. The van der Waals surface area contributed by atoms with Crippen molar-refractivity contribution in [3.05, 3.63) is 42.1 Å². The number of benzene rings is 1. The highest BCUT2D eigenvalue weighted by atomic mass is 16.5. The highest BCUT2D eigenvalue weighted by molar-refractivity contribution is 6.00. The molecule has 1 aromatic heterocycles. The SMILES string of the molecule is N#C[C@H]1CC[C@H](C(=O)N2Cc3cccnc3Nc3ccc(N4CCOCC4)cc32)CC1. The molecular weight excluding hydrogens is 390 g/mol. The van der Waals surface area contributed by atoms with Crippen molar-refractivity contribution < 1.29 is 9.53 Å². The molecule has 0 bridgehead atoms. The van der Waals surface area contributed by atoms with Crippen LogP contribution in [0.15, 0.2) is 36.5 Å². The molecule has 3 heterocycles. The number of rotatable bonds is 2. The van der Waals surface area contributed by atoms with Gasteiger partial charge in [0.25, 0.3) is 0 Å². The van der Waals surface area contributed by atoms with E-state index in [9.17, 15) is 10.1 Å². The maximum atomic E-state index is 13.7. The molecule has 2 fully saturated rings. The molecule has 5 rings (SSSR count). The van der Waals surface area contributed by atoms with Crippen LogP contribution in [0.4, 0.5) is 22.9 Å². The Bertz CT molecular complexity index is 1000. The van der Waals surface area contributed by atoms with E-state index in [0.29, 0.717) is 6.54 Å². The number of nitriles is 1. The molecule has 1 saturated carbocycles. The van der Waals surface area contributed by atoms with Crippen molar-refractivity contribution in [3.63, 3.8) is 0 Å². The fraction of sp³-hybridized carbons (Fsp3) is 0.458. The first-order chi connectivity index (χ1) is 15.2. The van der Waals surface area contributed by atoms with Crippen LogP contribution < -0.4 is 15.1 Å². The van der Waals surface area contributed by atoms with E-state index in [4.69, 9.17) is 4.74 Å². The monoisotopic (exact) mass is 417 g/mol. The Morgan fingerprint density at radius 1 is 1.16 bits per heavy atom. The summed E-state index contributed by atoms with van der Waals surface area (Å²) >= 11 is 0. The number of anilines is 4. The minimum absolute atomic E-state index is 0.0392. The Morgan fingerprint density at radius 2 is 1.97 bits per heavy atom. The zero-order valence-corrected chi connectivity index (χ0v) is 17.6. The van der Waals surface area contributed by atoms with Crippen LogP contribution in [0, 0.1) is 23.2 Å². The number of ether oxygens (including phenoxy) is 1. The lowest BCUT2D eigenvalue weighted by Gasteiger charge is -2.33. The summed E-state index contributed by atoms with van der Waals surface area (Å²) in [7, 11) is 0. The smallest absolute Gasteiger partial charge is 0.230 e. The summed E-state index contributed by atoms with van der Waals surface area (Å²) in [4.78, 5) is 22.5. The first-order valence-electron chi connectivity index (χ1n) is 11.1. The van der Waals surface area contributed by atoms with E-state index < -0.39 is 0 Å². The van der Waals surface area contributed by atoms with Crippen molar-refractivity contribution in [1.82, 2.24) is 4.98 Å². The van der Waals surface area contributed by atoms with Gasteiger partial charge in [-0.25, -0.2) is 4.98 Å². The molecule has 2 aliphatic heterocycles. The minimum Gasteiger partial charge on any atom is -0.378 e. The van der Waals surface area contributed by atoms with Crippen molar-refractivity contribution in [2.45, 2.75) is 32.2 Å². The van der Waals surface area contributed by atoms with Gasteiger partial charge in [-0.05, 0) is 49.9 Å². The molecule has 1 N–H and O–H groups in total. The topological polar surface area (TPSA) is 81.5 Å². The first kappa shape index (κ1) is 19.8. The summed E-state index contributed by atoms with van der Waals surface area (Å²) in [5.41, 5.74) is 3.90. The molecule has 0 spiro atoms. The molecule has 3 aliphatic rings. The predicted molar refractivity (Wildman–Crippen MR) is 119 cm³/mol. The van der Waals surface area contributed by atoms with Gasteiger partial charge in [-0.15, -0.1) is 0 Å². The lowest BCUT2D eigenvalue weighted by Crippen LogP contribution is -2.38. The largest absolute Gasteiger partial charge is 0.378 e. The maximum Gasteiger partial charge on any atom is 0.230 e. The third-order valence-corrected chi connectivity index (χ3v) is 6.65. The molecule has 31 heavy (non-hydrogen) atoms. The lowest BCUT2D eigenvalue weighted by atomic mass is 9.82. The van der Waals surface area contributed by atoms with Crippen LogP contribution in [-0.4, -0.2) is 37.2 Å². The van der Waals surface area contributed by atoms with Crippen LogP contribution in [-0.2, 0) is 16.1 Å². The van der Waals surface area contributed by atoms with Crippen molar-refractivity contribution in [1.29, 1.82) is 5.26 Å². The standard InChI is InChI=1S/C24H27N5O2/c25-15-17-3-5-18(6-4-17)24(30)29-16-19-2-1-9-26-23(19)27-21-8-7-20(14-22(21)29)28-10-12-31-13-11-28/h1-2,7-9,14,17-18H,3-6,10-13,16H2,(H,26,27)/t17-,18-. The number of fused-ring (bicyclic) bond motifs is 2. The van der Waals surface area contributed by atoms with Gasteiger partial charge < -0.3 is 19.9 Å². The van der Waals surface area contributed by atoms with E-state index in [1.54, 1.807) is 6.20 Å². The van der Waals surface area contributed by atoms with Gasteiger partial charge in [-0.2, -0.15) is 5.26 Å². The fourth-order valence-electron chi connectivity index (χ4n) is 4.82. The number of carbonyl (C=O) groups is 1.